The second-order valence-electron chi connectivity index (χ2n) is 5.62. The van der Waals surface area contributed by atoms with Crippen molar-refractivity contribution in [2.75, 3.05) is 13.2 Å². The molecule has 1 aromatic carbocycles. The molecular formula is C15H24FNO. The molecule has 0 saturated carbocycles. The van der Waals surface area contributed by atoms with Gasteiger partial charge in [-0.3, -0.25) is 0 Å². The molecule has 0 fully saturated rings. The van der Waals surface area contributed by atoms with Crippen LogP contribution in [0.5, 0.6) is 5.75 Å². The molecule has 1 aromatic rings. The quantitative estimate of drug-likeness (QED) is 0.781. The summed E-state index contributed by atoms with van der Waals surface area (Å²) in [5.41, 5.74) is 0.783. The summed E-state index contributed by atoms with van der Waals surface area (Å²) in [6.07, 6.45) is 1.96. The predicted molar refractivity (Wildman–Crippen MR) is 73.6 cm³/mol. The van der Waals surface area contributed by atoms with E-state index in [2.05, 4.69) is 26.1 Å². The topological polar surface area (TPSA) is 21.3 Å². The van der Waals surface area contributed by atoms with E-state index in [9.17, 15) is 4.39 Å². The Morgan fingerprint density at radius 1 is 1.22 bits per heavy atom. The van der Waals surface area contributed by atoms with Gasteiger partial charge in [-0.05, 0) is 58.7 Å². The van der Waals surface area contributed by atoms with E-state index in [1.54, 1.807) is 19.1 Å². The maximum Gasteiger partial charge on any atom is 0.167 e. The van der Waals surface area contributed by atoms with Crippen LogP contribution in [-0.2, 0) is 0 Å². The van der Waals surface area contributed by atoms with Gasteiger partial charge in [0.15, 0.2) is 11.6 Å². The van der Waals surface area contributed by atoms with E-state index in [0.717, 1.165) is 19.4 Å². The molecule has 0 atom stereocenters. The summed E-state index contributed by atoms with van der Waals surface area (Å²) in [6.45, 7) is 9.70. The van der Waals surface area contributed by atoms with Crippen LogP contribution in [0, 0.1) is 12.7 Å². The molecule has 0 bridgehead atoms. The third kappa shape index (κ3) is 5.50. The van der Waals surface area contributed by atoms with E-state index < -0.39 is 0 Å². The van der Waals surface area contributed by atoms with Gasteiger partial charge < -0.3 is 10.1 Å². The number of hydrogen-bond acceptors (Lipinski definition) is 2. The number of nitrogens with one attached hydrogen (secondary N) is 1. The molecule has 0 heterocycles. The van der Waals surface area contributed by atoms with E-state index in [4.69, 9.17) is 4.74 Å². The maximum atomic E-state index is 13.6. The van der Waals surface area contributed by atoms with E-state index in [0.29, 0.717) is 17.9 Å². The predicted octanol–water partition coefficient (Wildman–Crippen LogP) is 3.68. The van der Waals surface area contributed by atoms with Crippen LogP contribution < -0.4 is 10.1 Å². The monoisotopic (exact) mass is 253 g/mol. The third-order valence-electron chi connectivity index (χ3n) is 2.64. The van der Waals surface area contributed by atoms with Crippen molar-refractivity contribution in [2.45, 2.75) is 46.1 Å². The first-order valence-electron chi connectivity index (χ1n) is 6.53. The number of rotatable bonds is 6. The van der Waals surface area contributed by atoms with Crippen LogP contribution in [0.4, 0.5) is 4.39 Å². The Morgan fingerprint density at radius 2 is 1.94 bits per heavy atom. The van der Waals surface area contributed by atoms with Crippen LogP contribution in [0.15, 0.2) is 18.2 Å². The smallest absolute Gasteiger partial charge is 0.167 e. The lowest BCUT2D eigenvalue weighted by Gasteiger charge is -2.20. The SMILES string of the molecule is Cc1cccc(OCCCCNC(C)(C)C)c1F. The summed E-state index contributed by atoms with van der Waals surface area (Å²) in [5, 5.41) is 3.41. The summed E-state index contributed by atoms with van der Waals surface area (Å²) >= 11 is 0. The second kappa shape index (κ2) is 6.74. The van der Waals surface area contributed by atoms with Gasteiger partial charge in [-0.25, -0.2) is 4.39 Å². The highest BCUT2D eigenvalue weighted by Crippen LogP contribution is 2.19. The van der Waals surface area contributed by atoms with Crippen molar-refractivity contribution in [2.24, 2.45) is 0 Å². The van der Waals surface area contributed by atoms with Crippen molar-refractivity contribution in [1.82, 2.24) is 5.32 Å². The van der Waals surface area contributed by atoms with Crippen LogP contribution in [0.2, 0.25) is 0 Å². The van der Waals surface area contributed by atoms with Gasteiger partial charge in [-0.1, -0.05) is 12.1 Å². The summed E-state index contributed by atoms with van der Waals surface area (Å²) < 4.78 is 19.0. The zero-order chi connectivity index (χ0) is 13.6. The standard InChI is InChI=1S/C15H24FNO/c1-12-8-7-9-13(14(12)16)18-11-6-5-10-17-15(2,3)4/h7-9,17H,5-6,10-11H2,1-4H3. The van der Waals surface area contributed by atoms with E-state index in [1.165, 1.54) is 0 Å². The molecule has 2 nitrogen and oxygen atoms in total. The molecule has 0 aliphatic rings. The molecule has 1 rings (SSSR count). The van der Waals surface area contributed by atoms with E-state index in [1.807, 2.05) is 6.07 Å². The average molecular weight is 253 g/mol. The fraction of sp³-hybridized carbons (Fsp3) is 0.600. The lowest BCUT2D eigenvalue weighted by molar-refractivity contribution is 0.287. The number of benzene rings is 1. The van der Waals surface area contributed by atoms with Crippen molar-refractivity contribution in [3.8, 4) is 5.75 Å². The Bertz CT molecular complexity index is 371. The molecular weight excluding hydrogens is 229 g/mol. The largest absolute Gasteiger partial charge is 0.491 e. The van der Waals surface area contributed by atoms with Gasteiger partial charge in [0.05, 0.1) is 6.61 Å². The van der Waals surface area contributed by atoms with Gasteiger partial charge in [0.25, 0.3) is 0 Å². The zero-order valence-corrected chi connectivity index (χ0v) is 11.8. The molecule has 0 amide bonds. The summed E-state index contributed by atoms with van der Waals surface area (Å²) in [7, 11) is 0. The summed E-state index contributed by atoms with van der Waals surface area (Å²) in [5.74, 6) is 0.115. The molecule has 1 N–H and O–H groups in total. The third-order valence-corrected chi connectivity index (χ3v) is 2.64. The highest BCUT2D eigenvalue weighted by molar-refractivity contribution is 5.29. The number of aryl methyl sites for hydroxylation is 1. The van der Waals surface area contributed by atoms with E-state index in [-0.39, 0.29) is 11.4 Å². The van der Waals surface area contributed by atoms with Crippen molar-refractivity contribution in [1.29, 1.82) is 0 Å². The first-order valence-corrected chi connectivity index (χ1v) is 6.53. The van der Waals surface area contributed by atoms with Crippen molar-refractivity contribution in [3.63, 3.8) is 0 Å². The molecule has 0 spiro atoms. The number of halogens is 1. The molecule has 0 unspecified atom stereocenters. The van der Waals surface area contributed by atoms with Gasteiger partial charge in [-0.15, -0.1) is 0 Å². The van der Waals surface area contributed by atoms with Crippen molar-refractivity contribution in [3.05, 3.63) is 29.6 Å². The number of ether oxygens (including phenoxy) is 1. The Hall–Kier alpha value is -1.09. The zero-order valence-electron chi connectivity index (χ0n) is 11.8. The first-order chi connectivity index (χ1) is 8.40. The van der Waals surface area contributed by atoms with Gasteiger partial charge >= 0.3 is 0 Å². The van der Waals surface area contributed by atoms with Crippen molar-refractivity contribution < 1.29 is 9.13 Å². The lowest BCUT2D eigenvalue weighted by Crippen LogP contribution is -2.36. The van der Waals surface area contributed by atoms with Gasteiger partial charge in [0.2, 0.25) is 0 Å². The highest BCUT2D eigenvalue weighted by atomic mass is 19.1. The highest BCUT2D eigenvalue weighted by Gasteiger charge is 2.07. The van der Waals surface area contributed by atoms with Crippen LogP contribution in [0.25, 0.3) is 0 Å². The van der Waals surface area contributed by atoms with Crippen LogP contribution in [0.1, 0.15) is 39.2 Å². The fourth-order valence-electron chi connectivity index (χ4n) is 1.60. The number of unbranched alkanes of at least 4 members (excludes halogenated alkanes) is 1. The maximum absolute atomic E-state index is 13.6. The Labute approximate surface area is 110 Å². The molecule has 102 valence electrons. The lowest BCUT2D eigenvalue weighted by atomic mass is 10.1. The molecule has 0 aliphatic heterocycles. The second-order valence-corrected chi connectivity index (χ2v) is 5.62. The molecule has 0 aliphatic carbocycles. The molecule has 0 saturated heterocycles. The molecule has 0 radical (unpaired) electrons. The van der Waals surface area contributed by atoms with Crippen LogP contribution in [0.3, 0.4) is 0 Å². The molecule has 0 aromatic heterocycles. The summed E-state index contributed by atoms with van der Waals surface area (Å²) in [4.78, 5) is 0. The molecule has 3 heteroatoms. The van der Waals surface area contributed by atoms with Gasteiger partial charge in [-0.2, -0.15) is 0 Å². The Kier molecular flexibility index (Phi) is 5.60. The van der Waals surface area contributed by atoms with Gasteiger partial charge in [0.1, 0.15) is 0 Å². The number of hydrogen-bond donors (Lipinski definition) is 1. The normalized spacial score (nSPS) is 11.6. The molecule has 18 heavy (non-hydrogen) atoms. The minimum atomic E-state index is -0.245. The minimum absolute atomic E-state index is 0.156. The van der Waals surface area contributed by atoms with Crippen molar-refractivity contribution >= 4 is 0 Å². The van der Waals surface area contributed by atoms with Gasteiger partial charge in [0, 0.05) is 5.54 Å². The summed E-state index contributed by atoms with van der Waals surface area (Å²) in [6, 6.07) is 5.24. The minimum Gasteiger partial charge on any atom is -0.491 e. The Balaban J connectivity index is 2.20. The Morgan fingerprint density at radius 3 is 2.61 bits per heavy atom. The average Bonchev–Trinajstić information content (AvgIpc) is 2.27. The van der Waals surface area contributed by atoms with Crippen LogP contribution in [-0.4, -0.2) is 18.7 Å². The van der Waals surface area contributed by atoms with Crippen LogP contribution >= 0.6 is 0 Å². The van der Waals surface area contributed by atoms with E-state index >= 15 is 0 Å². The first kappa shape index (κ1) is 15.0. The fourth-order valence-corrected chi connectivity index (χ4v) is 1.60.